The predicted octanol–water partition coefficient (Wildman–Crippen LogP) is 3.75. The monoisotopic (exact) mass is 404 g/mol. The number of para-hydroxylation sites is 1. The van der Waals surface area contributed by atoms with Gasteiger partial charge in [0.15, 0.2) is 4.90 Å². The highest BCUT2D eigenvalue weighted by Crippen LogP contribution is 2.29. The van der Waals surface area contributed by atoms with Gasteiger partial charge in [0.05, 0.1) is 0 Å². The van der Waals surface area contributed by atoms with Crippen LogP contribution in [0.1, 0.15) is 12.8 Å². The summed E-state index contributed by atoms with van der Waals surface area (Å²) in [6, 6.07) is 12.5. The highest BCUT2D eigenvalue weighted by molar-refractivity contribution is 7.89. The van der Waals surface area contributed by atoms with Crippen LogP contribution in [0.3, 0.4) is 0 Å². The van der Waals surface area contributed by atoms with E-state index in [9.17, 15) is 17.2 Å². The third-order valence-corrected chi connectivity index (χ3v) is 6.76. The number of nitrogens with zero attached hydrogens (tertiary/aromatic N) is 2. The number of aromatic nitrogens is 1. The molecule has 2 aromatic carbocycles. The molecule has 1 aromatic heterocycles. The standard InChI is InChI=1S/C20H18F2N2O3S/c21-16-6-2-7-17(22)20(16)28(25,26)24-12-9-15(10-13-24)27-18-8-1-4-14-5-3-11-23-19(14)18/h1-8,11,15H,9-10,12-13H2. The lowest BCUT2D eigenvalue weighted by atomic mass is 10.1. The quantitative estimate of drug-likeness (QED) is 0.665. The van der Waals surface area contributed by atoms with Crippen molar-refractivity contribution in [2.75, 3.05) is 13.1 Å². The molecular weight excluding hydrogens is 386 g/mol. The molecule has 146 valence electrons. The number of sulfonamides is 1. The molecule has 0 N–H and O–H groups in total. The summed E-state index contributed by atoms with van der Waals surface area (Å²) >= 11 is 0. The predicted molar refractivity (Wildman–Crippen MR) is 101 cm³/mol. The largest absolute Gasteiger partial charge is 0.488 e. The van der Waals surface area contributed by atoms with Crippen LogP contribution in [0.15, 0.2) is 59.6 Å². The van der Waals surface area contributed by atoms with Gasteiger partial charge in [0.2, 0.25) is 10.0 Å². The number of halogens is 2. The summed E-state index contributed by atoms with van der Waals surface area (Å²) in [5.41, 5.74) is 0.744. The molecular formula is C20H18F2N2O3S. The second-order valence-electron chi connectivity index (χ2n) is 6.60. The normalized spacial score (nSPS) is 16.4. The fraction of sp³-hybridized carbons (Fsp3) is 0.250. The van der Waals surface area contributed by atoms with Crippen molar-refractivity contribution in [1.82, 2.24) is 9.29 Å². The van der Waals surface area contributed by atoms with Crippen molar-refractivity contribution in [2.24, 2.45) is 0 Å². The number of piperidine rings is 1. The molecule has 2 heterocycles. The van der Waals surface area contributed by atoms with Crippen LogP contribution in [0.4, 0.5) is 8.78 Å². The van der Waals surface area contributed by atoms with E-state index in [1.165, 1.54) is 0 Å². The summed E-state index contributed by atoms with van der Waals surface area (Å²) in [7, 11) is -4.24. The van der Waals surface area contributed by atoms with Gasteiger partial charge >= 0.3 is 0 Å². The summed E-state index contributed by atoms with van der Waals surface area (Å²) < 4.78 is 60.4. The Balaban J connectivity index is 1.49. The Labute approximate surface area is 161 Å². The number of fused-ring (bicyclic) bond motifs is 1. The van der Waals surface area contributed by atoms with Gasteiger partial charge in [-0.25, -0.2) is 17.2 Å². The zero-order valence-electron chi connectivity index (χ0n) is 14.9. The number of ether oxygens (including phenoxy) is 1. The fourth-order valence-electron chi connectivity index (χ4n) is 3.40. The van der Waals surface area contributed by atoms with E-state index in [4.69, 9.17) is 4.74 Å². The second kappa shape index (κ2) is 7.44. The molecule has 0 atom stereocenters. The molecule has 4 rings (SSSR count). The van der Waals surface area contributed by atoms with Crippen molar-refractivity contribution in [2.45, 2.75) is 23.8 Å². The minimum atomic E-state index is -4.24. The van der Waals surface area contributed by atoms with Crippen LogP contribution < -0.4 is 4.74 Å². The lowest BCUT2D eigenvalue weighted by Gasteiger charge is -2.31. The first kappa shape index (κ1) is 18.8. The first-order valence-electron chi connectivity index (χ1n) is 8.91. The number of benzene rings is 2. The van der Waals surface area contributed by atoms with Crippen molar-refractivity contribution < 1.29 is 21.9 Å². The first-order chi connectivity index (χ1) is 13.5. The lowest BCUT2D eigenvalue weighted by molar-refractivity contribution is 0.136. The maximum atomic E-state index is 13.9. The van der Waals surface area contributed by atoms with Crippen LogP contribution in [-0.2, 0) is 10.0 Å². The molecule has 0 spiro atoms. The molecule has 0 saturated carbocycles. The van der Waals surface area contributed by atoms with Crippen LogP contribution in [0, 0.1) is 11.6 Å². The molecule has 0 unspecified atom stereocenters. The van der Waals surface area contributed by atoms with Gasteiger partial charge in [-0.3, -0.25) is 4.98 Å². The minimum Gasteiger partial charge on any atom is -0.488 e. The van der Waals surface area contributed by atoms with E-state index >= 15 is 0 Å². The first-order valence-corrected chi connectivity index (χ1v) is 10.4. The minimum absolute atomic E-state index is 0.124. The highest BCUT2D eigenvalue weighted by Gasteiger charge is 2.34. The SMILES string of the molecule is O=S(=O)(c1c(F)cccc1F)N1CCC(Oc2cccc3cccnc23)CC1. The molecule has 0 bridgehead atoms. The number of rotatable bonds is 4. The van der Waals surface area contributed by atoms with Crippen LogP contribution in [-0.4, -0.2) is 36.9 Å². The van der Waals surface area contributed by atoms with E-state index in [0.717, 1.165) is 33.4 Å². The van der Waals surface area contributed by atoms with Gasteiger partial charge in [-0.05, 0) is 37.1 Å². The second-order valence-corrected chi connectivity index (χ2v) is 8.48. The number of hydrogen-bond donors (Lipinski definition) is 0. The average molecular weight is 404 g/mol. The Bertz CT molecular complexity index is 1090. The molecule has 5 nitrogen and oxygen atoms in total. The van der Waals surface area contributed by atoms with Gasteiger partial charge in [-0.15, -0.1) is 0 Å². The molecule has 1 aliphatic rings. The summed E-state index contributed by atoms with van der Waals surface area (Å²) in [4.78, 5) is 3.45. The number of pyridine rings is 1. The van der Waals surface area contributed by atoms with E-state index < -0.39 is 26.6 Å². The van der Waals surface area contributed by atoms with Crippen molar-refractivity contribution in [1.29, 1.82) is 0 Å². The molecule has 8 heteroatoms. The van der Waals surface area contributed by atoms with E-state index in [1.54, 1.807) is 6.20 Å². The Kier molecular flexibility index (Phi) is 4.99. The van der Waals surface area contributed by atoms with Gasteiger partial charge in [-0.1, -0.05) is 24.3 Å². The van der Waals surface area contributed by atoms with Gasteiger partial charge in [-0.2, -0.15) is 4.31 Å². The van der Waals surface area contributed by atoms with E-state index in [0.29, 0.717) is 18.6 Å². The van der Waals surface area contributed by atoms with Gasteiger partial charge in [0, 0.05) is 24.7 Å². The lowest BCUT2D eigenvalue weighted by Crippen LogP contribution is -2.42. The molecule has 0 amide bonds. The maximum absolute atomic E-state index is 13.9. The maximum Gasteiger partial charge on any atom is 0.248 e. The van der Waals surface area contributed by atoms with E-state index in [2.05, 4.69) is 4.98 Å². The van der Waals surface area contributed by atoms with E-state index in [1.807, 2.05) is 30.3 Å². The summed E-state index contributed by atoms with van der Waals surface area (Å²) in [6.07, 6.45) is 2.31. The van der Waals surface area contributed by atoms with Crippen molar-refractivity contribution >= 4 is 20.9 Å². The average Bonchev–Trinajstić information content (AvgIpc) is 2.68. The molecule has 3 aromatic rings. The molecule has 0 radical (unpaired) electrons. The van der Waals surface area contributed by atoms with Crippen molar-refractivity contribution in [3.8, 4) is 5.75 Å². The van der Waals surface area contributed by atoms with Crippen LogP contribution in [0.25, 0.3) is 10.9 Å². The summed E-state index contributed by atoms with van der Waals surface area (Å²) in [5, 5.41) is 0.954. The van der Waals surface area contributed by atoms with Crippen LogP contribution in [0.5, 0.6) is 5.75 Å². The van der Waals surface area contributed by atoms with Gasteiger partial charge < -0.3 is 4.74 Å². The third kappa shape index (κ3) is 3.45. The smallest absolute Gasteiger partial charge is 0.248 e. The van der Waals surface area contributed by atoms with Gasteiger partial charge in [0.1, 0.15) is 29.0 Å². The zero-order chi connectivity index (χ0) is 19.7. The Morgan fingerprint density at radius 2 is 1.61 bits per heavy atom. The number of hydrogen-bond acceptors (Lipinski definition) is 4. The summed E-state index contributed by atoms with van der Waals surface area (Å²) in [5.74, 6) is -1.53. The molecule has 1 saturated heterocycles. The molecule has 1 fully saturated rings. The molecule has 1 aliphatic heterocycles. The Morgan fingerprint density at radius 3 is 2.32 bits per heavy atom. The van der Waals surface area contributed by atoms with E-state index in [-0.39, 0.29) is 19.2 Å². The van der Waals surface area contributed by atoms with Crippen LogP contribution >= 0.6 is 0 Å². The Hall–Kier alpha value is -2.58. The van der Waals surface area contributed by atoms with Crippen molar-refractivity contribution in [3.63, 3.8) is 0 Å². The van der Waals surface area contributed by atoms with Gasteiger partial charge in [0.25, 0.3) is 0 Å². The topological polar surface area (TPSA) is 59.5 Å². The fourth-order valence-corrected chi connectivity index (χ4v) is 4.98. The highest BCUT2D eigenvalue weighted by atomic mass is 32.2. The molecule has 0 aliphatic carbocycles. The Morgan fingerprint density at radius 1 is 0.964 bits per heavy atom. The molecule has 28 heavy (non-hydrogen) atoms. The zero-order valence-corrected chi connectivity index (χ0v) is 15.7. The van der Waals surface area contributed by atoms with Crippen molar-refractivity contribution in [3.05, 3.63) is 66.4 Å². The third-order valence-electron chi connectivity index (χ3n) is 4.81. The van der Waals surface area contributed by atoms with Crippen LogP contribution in [0.2, 0.25) is 0 Å². The summed E-state index contributed by atoms with van der Waals surface area (Å²) in [6.45, 7) is 0.248.